The van der Waals surface area contributed by atoms with Crippen molar-refractivity contribution in [2.24, 2.45) is 5.92 Å². The number of nitrogens with zero attached hydrogens (tertiary/aromatic N) is 2. The molecule has 0 bridgehead atoms. The van der Waals surface area contributed by atoms with Crippen LogP contribution >= 0.6 is 11.3 Å². The first-order valence-corrected chi connectivity index (χ1v) is 9.27. The maximum Gasteiger partial charge on any atom is 0.0781 e. The molecule has 4 nitrogen and oxygen atoms in total. The van der Waals surface area contributed by atoms with E-state index in [-0.39, 0.29) is 0 Å². The van der Waals surface area contributed by atoms with Crippen molar-refractivity contribution >= 4 is 11.3 Å². The van der Waals surface area contributed by atoms with E-state index in [1.165, 1.54) is 18.4 Å². The van der Waals surface area contributed by atoms with Crippen LogP contribution in [0.3, 0.4) is 0 Å². The summed E-state index contributed by atoms with van der Waals surface area (Å²) in [5.74, 6) is 0.567. The average Bonchev–Trinajstić information content (AvgIpc) is 3.14. The second-order valence-corrected chi connectivity index (χ2v) is 7.50. The number of thiophene rings is 1. The molecule has 5 heteroatoms. The van der Waals surface area contributed by atoms with Crippen LogP contribution in [-0.4, -0.2) is 69.0 Å². The van der Waals surface area contributed by atoms with E-state index in [2.05, 4.69) is 40.7 Å². The quantitative estimate of drug-likeness (QED) is 0.719. The molecule has 0 spiro atoms. The first-order valence-electron chi connectivity index (χ1n) is 8.33. The van der Waals surface area contributed by atoms with Crippen LogP contribution < -0.4 is 0 Å². The van der Waals surface area contributed by atoms with E-state index < -0.39 is 0 Å². The highest BCUT2D eigenvalue weighted by Gasteiger charge is 2.42. The van der Waals surface area contributed by atoms with Gasteiger partial charge in [-0.2, -0.15) is 11.3 Å². The van der Waals surface area contributed by atoms with Gasteiger partial charge < -0.3 is 14.4 Å². The highest BCUT2D eigenvalue weighted by molar-refractivity contribution is 7.07. The zero-order chi connectivity index (χ0) is 15.4. The third kappa shape index (κ3) is 4.09. The van der Waals surface area contributed by atoms with Gasteiger partial charge in [-0.25, -0.2) is 0 Å². The Morgan fingerprint density at radius 1 is 1.41 bits per heavy atom. The third-order valence-corrected chi connectivity index (χ3v) is 5.55. The van der Waals surface area contributed by atoms with Gasteiger partial charge in [-0.05, 0) is 49.3 Å². The lowest BCUT2D eigenvalue weighted by Gasteiger charge is -2.39. The van der Waals surface area contributed by atoms with Crippen LogP contribution in [0.25, 0.3) is 0 Å². The summed E-state index contributed by atoms with van der Waals surface area (Å²) in [5.41, 5.74) is 1.44. The van der Waals surface area contributed by atoms with Crippen LogP contribution in [0.2, 0.25) is 0 Å². The summed E-state index contributed by atoms with van der Waals surface area (Å²) < 4.78 is 12.0. The van der Waals surface area contributed by atoms with Gasteiger partial charge in [0.05, 0.1) is 25.9 Å². The Balaban J connectivity index is 1.49. The molecule has 1 saturated heterocycles. The molecule has 3 unspecified atom stereocenters. The Morgan fingerprint density at radius 2 is 2.32 bits per heavy atom. The van der Waals surface area contributed by atoms with Crippen LogP contribution in [0.15, 0.2) is 16.8 Å². The summed E-state index contributed by atoms with van der Waals surface area (Å²) in [7, 11) is 4.17. The minimum absolute atomic E-state index is 0.367. The Kier molecular flexibility index (Phi) is 5.88. The molecule has 2 aliphatic rings. The van der Waals surface area contributed by atoms with E-state index in [1.54, 1.807) is 11.3 Å². The van der Waals surface area contributed by atoms with Crippen molar-refractivity contribution in [3.63, 3.8) is 0 Å². The number of rotatable bonds is 7. The molecule has 124 valence electrons. The highest BCUT2D eigenvalue weighted by atomic mass is 32.1. The number of morpholine rings is 1. The van der Waals surface area contributed by atoms with Crippen molar-refractivity contribution in [1.82, 2.24) is 9.80 Å². The molecular weight excluding hydrogens is 296 g/mol. The predicted octanol–water partition coefficient (Wildman–Crippen LogP) is 2.31. The van der Waals surface area contributed by atoms with E-state index in [1.807, 2.05) is 0 Å². The van der Waals surface area contributed by atoms with Gasteiger partial charge in [-0.15, -0.1) is 0 Å². The molecule has 22 heavy (non-hydrogen) atoms. The van der Waals surface area contributed by atoms with E-state index in [0.717, 1.165) is 39.5 Å². The maximum absolute atomic E-state index is 6.11. The third-order valence-electron chi connectivity index (χ3n) is 4.82. The lowest BCUT2D eigenvalue weighted by atomic mass is 10.0. The molecule has 2 fully saturated rings. The summed E-state index contributed by atoms with van der Waals surface area (Å²) in [6.07, 6.45) is 2.85. The fourth-order valence-corrected chi connectivity index (χ4v) is 4.27. The normalized spacial score (nSPS) is 29.1. The van der Waals surface area contributed by atoms with E-state index >= 15 is 0 Å². The number of hydrogen-bond donors (Lipinski definition) is 0. The smallest absolute Gasteiger partial charge is 0.0781 e. The molecule has 3 atom stereocenters. The fraction of sp³-hybridized carbons (Fsp3) is 0.765. The van der Waals surface area contributed by atoms with Gasteiger partial charge in [-0.3, -0.25) is 4.90 Å². The molecule has 2 heterocycles. The second-order valence-electron chi connectivity index (χ2n) is 6.72. The monoisotopic (exact) mass is 324 g/mol. The Labute approximate surface area is 138 Å². The lowest BCUT2D eigenvalue weighted by molar-refractivity contribution is -0.0883. The standard InChI is InChI=1S/C17H28N2O2S/c1-18(2)6-8-20-12-15-3-4-16-17(15)21-9-7-19(16)11-14-5-10-22-13-14/h5,10,13,15-17H,3-4,6-9,11-12H2,1-2H3. The van der Waals surface area contributed by atoms with Crippen LogP contribution in [0.1, 0.15) is 18.4 Å². The van der Waals surface area contributed by atoms with E-state index in [9.17, 15) is 0 Å². The SMILES string of the molecule is CN(C)CCOCC1CCC2C1OCCN2Cc1ccsc1. The maximum atomic E-state index is 6.11. The second kappa shape index (κ2) is 7.88. The number of hydrogen-bond acceptors (Lipinski definition) is 5. The summed E-state index contributed by atoms with van der Waals surface area (Å²) in [5, 5.41) is 4.44. The molecule has 1 aromatic rings. The van der Waals surface area contributed by atoms with Crippen molar-refractivity contribution in [2.45, 2.75) is 31.5 Å². The van der Waals surface area contributed by atoms with Crippen LogP contribution in [-0.2, 0) is 16.0 Å². The molecule has 1 saturated carbocycles. The Bertz CT molecular complexity index is 438. The summed E-state index contributed by atoms with van der Waals surface area (Å²) in [4.78, 5) is 4.78. The van der Waals surface area contributed by atoms with Gasteiger partial charge in [0.1, 0.15) is 0 Å². The van der Waals surface area contributed by atoms with Gasteiger partial charge in [-0.1, -0.05) is 0 Å². The molecule has 0 radical (unpaired) electrons. The zero-order valence-electron chi connectivity index (χ0n) is 13.7. The summed E-state index contributed by atoms with van der Waals surface area (Å²) in [6.45, 7) is 5.65. The van der Waals surface area contributed by atoms with Crippen LogP contribution in [0.5, 0.6) is 0 Å². The molecule has 0 aromatic carbocycles. The Hall–Kier alpha value is -0.460. The van der Waals surface area contributed by atoms with Crippen molar-refractivity contribution in [1.29, 1.82) is 0 Å². The number of fused-ring (bicyclic) bond motifs is 1. The molecule has 1 aliphatic carbocycles. The summed E-state index contributed by atoms with van der Waals surface area (Å²) in [6, 6.07) is 2.82. The predicted molar refractivity (Wildman–Crippen MR) is 90.4 cm³/mol. The zero-order valence-corrected chi connectivity index (χ0v) is 14.6. The first kappa shape index (κ1) is 16.4. The molecule has 0 amide bonds. The van der Waals surface area contributed by atoms with Crippen molar-refractivity contribution in [2.75, 3.05) is 47.0 Å². The van der Waals surface area contributed by atoms with Crippen LogP contribution in [0.4, 0.5) is 0 Å². The van der Waals surface area contributed by atoms with Gasteiger partial charge in [0.25, 0.3) is 0 Å². The minimum atomic E-state index is 0.367. The van der Waals surface area contributed by atoms with Crippen molar-refractivity contribution in [3.05, 3.63) is 22.4 Å². The molecule has 3 rings (SSSR count). The van der Waals surface area contributed by atoms with Crippen molar-refractivity contribution < 1.29 is 9.47 Å². The van der Waals surface area contributed by atoms with E-state index in [0.29, 0.717) is 18.1 Å². The number of ether oxygens (including phenoxy) is 2. The van der Waals surface area contributed by atoms with Gasteiger partial charge in [0, 0.05) is 31.6 Å². The molecule has 0 N–H and O–H groups in total. The van der Waals surface area contributed by atoms with Crippen molar-refractivity contribution in [3.8, 4) is 0 Å². The highest BCUT2D eigenvalue weighted by Crippen LogP contribution is 2.35. The first-order chi connectivity index (χ1) is 10.7. The average molecular weight is 324 g/mol. The number of likely N-dealkylation sites (N-methyl/N-ethyl adjacent to an activating group) is 1. The summed E-state index contributed by atoms with van der Waals surface area (Å²) >= 11 is 1.79. The molecule has 1 aromatic heterocycles. The van der Waals surface area contributed by atoms with Gasteiger partial charge >= 0.3 is 0 Å². The van der Waals surface area contributed by atoms with Gasteiger partial charge in [0.2, 0.25) is 0 Å². The lowest BCUT2D eigenvalue weighted by Crippen LogP contribution is -2.50. The van der Waals surface area contributed by atoms with Crippen LogP contribution in [0, 0.1) is 5.92 Å². The Morgan fingerprint density at radius 3 is 3.09 bits per heavy atom. The van der Waals surface area contributed by atoms with Gasteiger partial charge in [0.15, 0.2) is 0 Å². The minimum Gasteiger partial charge on any atom is -0.380 e. The largest absolute Gasteiger partial charge is 0.380 e. The fourth-order valence-electron chi connectivity index (χ4n) is 3.61. The topological polar surface area (TPSA) is 24.9 Å². The van der Waals surface area contributed by atoms with E-state index in [4.69, 9.17) is 9.47 Å². The molecular formula is C17H28N2O2S. The molecule has 1 aliphatic heterocycles.